The monoisotopic (exact) mass is 327 g/mol. The van der Waals surface area contributed by atoms with E-state index in [1.807, 2.05) is 31.4 Å². The fourth-order valence-corrected chi connectivity index (χ4v) is 3.64. The third-order valence-electron chi connectivity index (χ3n) is 4.57. The molecule has 1 atom stereocenters. The molecule has 6 heteroatoms. The van der Waals surface area contributed by atoms with Crippen molar-refractivity contribution in [3.05, 3.63) is 47.4 Å². The second-order valence-electron chi connectivity index (χ2n) is 5.99. The molecule has 1 aliphatic heterocycles. The van der Waals surface area contributed by atoms with Crippen molar-refractivity contribution >= 4 is 28.5 Å². The van der Waals surface area contributed by atoms with Crippen molar-refractivity contribution in [2.75, 3.05) is 11.4 Å². The van der Waals surface area contributed by atoms with Crippen LogP contribution in [-0.2, 0) is 13.5 Å². The highest BCUT2D eigenvalue weighted by Gasteiger charge is 2.28. The van der Waals surface area contributed by atoms with E-state index in [2.05, 4.69) is 26.0 Å². The molecule has 1 aromatic carbocycles. The Kier molecular flexibility index (Phi) is 3.65. The van der Waals surface area contributed by atoms with Gasteiger partial charge in [0, 0.05) is 24.7 Å². The van der Waals surface area contributed by atoms with Crippen LogP contribution in [0, 0.1) is 0 Å². The number of hydrogen-bond acceptors (Lipinski definition) is 4. The first kappa shape index (κ1) is 14.5. The van der Waals surface area contributed by atoms with Crippen LogP contribution in [0.25, 0.3) is 11.0 Å². The lowest BCUT2D eigenvalue weighted by molar-refractivity contribution is 0.659. The van der Waals surface area contributed by atoms with Crippen LogP contribution < -0.4 is 4.90 Å². The molecule has 3 aromatic rings. The highest BCUT2D eigenvalue weighted by molar-refractivity contribution is 6.31. The number of aryl methyl sites for hydroxylation is 1. The van der Waals surface area contributed by atoms with E-state index in [4.69, 9.17) is 11.6 Å². The SMILES string of the molecule is Cn1ncc2c(N3CCC[C@@H]3Cc3ccccc3Cl)ncnc21. The summed E-state index contributed by atoms with van der Waals surface area (Å²) in [7, 11) is 1.91. The molecule has 4 rings (SSSR count). The zero-order valence-electron chi connectivity index (χ0n) is 13.0. The third kappa shape index (κ3) is 2.55. The standard InChI is InChI=1S/C17H18ClN5/c1-22-16-14(10-21-22)17(20-11-19-16)23-8-4-6-13(23)9-12-5-2-3-7-15(12)18/h2-3,5,7,10-11,13H,4,6,8-9H2,1H3/t13-/m1/s1. The number of benzene rings is 1. The van der Waals surface area contributed by atoms with E-state index < -0.39 is 0 Å². The molecule has 23 heavy (non-hydrogen) atoms. The van der Waals surface area contributed by atoms with Crippen molar-refractivity contribution in [1.29, 1.82) is 0 Å². The van der Waals surface area contributed by atoms with E-state index >= 15 is 0 Å². The summed E-state index contributed by atoms with van der Waals surface area (Å²) in [4.78, 5) is 11.3. The second-order valence-corrected chi connectivity index (χ2v) is 6.39. The van der Waals surface area contributed by atoms with Crippen molar-refractivity contribution in [3.63, 3.8) is 0 Å². The molecule has 118 valence electrons. The van der Waals surface area contributed by atoms with Gasteiger partial charge in [-0.2, -0.15) is 5.10 Å². The summed E-state index contributed by atoms with van der Waals surface area (Å²) in [6, 6.07) is 8.50. The lowest BCUT2D eigenvalue weighted by atomic mass is 10.0. The summed E-state index contributed by atoms with van der Waals surface area (Å²) in [6.45, 7) is 1.01. The minimum Gasteiger partial charge on any atom is -0.353 e. The van der Waals surface area contributed by atoms with Gasteiger partial charge in [0.05, 0.1) is 11.6 Å². The van der Waals surface area contributed by atoms with Crippen LogP contribution in [0.15, 0.2) is 36.8 Å². The average Bonchev–Trinajstić information content (AvgIpc) is 3.17. The molecule has 1 aliphatic rings. The molecule has 5 nitrogen and oxygen atoms in total. The van der Waals surface area contributed by atoms with Crippen molar-refractivity contribution in [2.24, 2.45) is 7.05 Å². The summed E-state index contributed by atoms with van der Waals surface area (Å²) < 4.78 is 1.79. The molecule has 0 amide bonds. The van der Waals surface area contributed by atoms with Gasteiger partial charge >= 0.3 is 0 Å². The number of halogens is 1. The lowest BCUT2D eigenvalue weighted by Crippen LogP contribution is -2.32. The first-order valence-electron chi connectivity index (χ1n) is 7.87. The highest BCUT2D eigenvalue weighted by Crippen LogP contribution is 2.31. The molecule has 0 spiro atoms. The molecule has 1 fully saturated rings. The zero-order chi connectivity index (χ0) is 15.8. The number of anilines is 1. The van der Waals surface area contributed by atoms with Crippen LogP contribution in [0.4, 0.5) is 5.82 Å². The molecule has 0 aliphatic carbocycles. The summed E-state index contributed by atoms with van der Waals surface area (Å²) >= 11 is 6.34. The first-order valence-corrected chi connectivity index (χ1v) is 8.24. The summed E-state index contributed by atoms with van der Waals surface area (Å²) in [5, 5.41) is 6.17. The van der Waals surface area contributed by atoms with E-state index in [1.54, 1.807) is 11.0 Å². The smallest absolute Gasteiger partial charge is 0.163 e. The predicted octanol–water partition coefficient (Wildman–Crippen LogP) is 3.23. The molecular formula is C17H18ClN5. The van der Waals surface area contributed by atoms with Crippen LogP contribution in [-0.4, -0.2) is 32.3 Å². The maximum atomic E-state index is 6.34. The van der Waals surface area contributed by atoms with Crippen molar-refractivity contribution in [2.45, 2.75) is 25.3 Å². The summed E-state index contributed by atoms with van der Waals surface area (Å²) in [6.07, 6.45) is 6.74. The van der Waals surface area contributed by atoms with Gasteiger partial charge in [-0.25, -0.2) is 9.97 Å². The van der Waals surface area contributed by atoms with E-state index in [1.165, 1.54) is 12.0 Å². The first-order chi connectivity index (χ1) is 11.2. The Labute approximate surface area is 139 Å². The Balaban J connectivity index is 1.68. The maximum absolute atomic E-state index is 6.34. The number of hydrogen-bond donors (Lipinski definition) is 0. The molecule has 0 saturated carbocycles. The molecule has 3 heterocycles. The zero-order valence-corrected chi connectivity index (χ0v) is 13.7. The van der Waals surface area contributed by atoms with Gasteiger partial charge in [0.15, 0.2) is 5.65 Å². The van der Waals surface area contributed by atoms with Gasteiger partial charge in [0.2, 0.25) is 0 Å². The van der Waals surface area contributed by atoms with E-state index in [0.29, 0.717) is 6.04 Å². The molecule has 0 unspecified atom stereocenters. The van der Waals surface area contributed by atoms with Crippen LogP contribution in [0.2, 0.25) is 5.02 Å². The number of rotatable bonds is 3. The molecule has 2 aromatic heterocycles. The number of nitrogens with zero attached hydrogens (tertiary/aromatic N) is 5. The normalized spacial score (nSPS) is 18.0. The fraction of sp³-hybridized carbons (Fsp3) is 0.353. The van der Waals surface area contributed by atoms with Gasteiger partial charge in [0.1, 0.15) is 12.1 Å². The Morgan fingerprint density at radius 2 is 2.13 bits per heavy atom. The van der Waals surface area contributed by atoms with E-state index in [0.717, 1.165) is 41.3 Å². The molecular weight excluding hydrogens is 310 g/mol. The Morgan fingerprint density at radius 1 is 1.26 bits per heavy atom. The summed E-state index contributed by atoms with van der Waals surface area (Å²) in [5.41, 5.74) is 2.07. The average molecular weight is 328 g/mol. The molecule has 0 radical (unpaired) electrons. The molecule has 1 saturated heterocycles. The predicted molar refractivity (Wildman–Crippen MR) is 91.8 cm³/mol. The van der Waals surface area contributed by atoms with Crippen molar-refractivity contribution in [3.8, 4) is 0 Å². The van der Waals surface area contributed by atoms with Gasteiger partial charge in [-0.3, -0.25) is 4.68 Å². The van der Waals surface area contributed by atoms with Gasteiger partial charge in [-0.1, -0.05) is 29.8 Å². The highest BCUT2D eigenvalue weighted by atomic mass is 35.5. The van der Waals surface area contributed by atoms with Crippen LogP contribution in [0.5, 0.6) is 0 Å². The summed E-state index contributed by atoms with van der Waals surface area (Å²) in [5.74, 6) is 0.984. The topological polar surface area (TPSA) is 46.8 Å². The van der Waals surface area contributed by atoms with E-state index in [9.17, 15) is 0 Å². The maximum Gasteiger partial charge on any atom is 0.163 e. The Bertz CT molecular complexity index is 844. The van der Waals surface area contributed by atoms with Gasteiger partial charge < -0.3 is 4.90 Å². The van der Waals surface area contributed by atoms with E-state index in [-0.39, 0.29) is 0 Å². The van der Waals surface area contributed by atoms with Gasteiger partial charge in [-0.15, -0.1) is 0 Å². The quantitative estimate of drug-likeness (QED) is 0.741. The van der Waals surface area contributed by atoms with Crippen LogP contribution in [0.3, 0.4) is 0 Å². The number of aromatic nitrogens is 4. The fourth-order valence-electron chi connectivity index (χ4n) is 3.42. The Hall–Kier alpha value is -2.14. The van der Waals surface area contributed by atoms with Crippen molar-refractivity contribution < 1.29 is 0 Å². The van der Waals surface area contributed by atoms with Crippen LogP contribution >= 0.6 is 11.6 Å². The third-order valence-corrected chi connectivity index (χ3v) is 4.94. The second kappa shape index (κ2) is 5.81. The van der Waals surface area contributed by atoms with Gasteiger partial charge in [0.25, 0.3) is 0 Å². The minimum absolute atomic E-state index is 0.410. The van der Waals surface area contributed by atoms with Gasteiger partial charge in [-0.05, 0) is 30.9 Å². The lowest BCUT2D eigenvalue weighted by Gasteiger charge is -2.26. The largest absolute Gasteiger partial charge is 0.353 e. The van der Waals surface area contributed by atoms with Crippen LogP contribution in [0.1, 0.15) is 18.4 Å². The van der Waals surface area contributed by atoms with Crippen molar-refractivity contribution in [1.82, 2.24) is 19.7 Å². The molecule has 0 bridgehead atoms. The molecule has 0 N–H and O–H groups in total. The Morgan fingerprint density at radius 3 is 3.00 bits per heavy atom. The number of fused-ring (bicyclic) bond motifs is 1. The minimum atomic E-state index is 0.410.